The Morgan fingerprint density at radius 2 is 1.57 bits per heavy atom. The number of hydrogen-bond acceptors (Lipinski definition) is 3. The fourth-order valence-corrected chi connectivity index (χ4v) is 8.45. The molecule has 2 aromatic carbocycles. The quantitative estimate of drug-likeness (QED) is 0.0793. The van der Waals surface area contributed by atoms with Gasteiger partial charge in [0.05, 0.1) is 5.76 Å². The molecule has 0 saturated carbocycles. The maximum atomic E-state index is 11.7. The number of aromatic nitrogens is 1. The SMILES string of the molecule is CCC(CC)C(=O)/C=C(\O)C(CC)CC.Cc1[c-]c(-c2cc3c(ccc4cc(CC(C)(C)C)[se]c43)cn2)cc(C)c1.[Ir]. The van der Waals surface area contributed by atoms with Gasteiger partial charge in [0.25, 0.3) is 0 Å². The molecule has 2 aromatic heterocycles. The van der Waals surface area contributed by atoms with Crippen LogP contribution < -0.4 is 0 Å². The van der Waals surface area contributed by atoms with Gasteiger partial charge in [-0.1, -0.05) is 27.7 Å². The third-order valence-corrected chi connectivity index (χ3v) is 10.1. The summed E-state index contributed by atoms with van der Waals surface area (Å²) < 4.78 is 3.12. The van der Waals surface area contributed by atoms with Crippen LogP contribution in [0.3, 0.4) is 0 Å². The van der Waals surface area contributed by atoms with E-state index in [1.54, 1.807) is 4.44 Å². The summed E-state index contributed by atoms with van der Waals surface area (Å²) in [5.74, 6) is 0.547. The maximum absolute atomic E-state index is 11.7. The minimum atomic E-state index is 0. The minimum Gasteiger partial charge on any atom is 0 e. The summed E-state index contributed by atoms with van der Waals surface area (Å²) in [6.45, 7) is 19.3. The molecular weight excluding hydrogens is 762 g/mol. The number of rotatable bonds is 9. The van der Waals surface area contributed by atoms with E-state index in [4.69, 9.17) is 4.98 Å². The summed E-state index contributed by atoms with van der Waals surface area (Å²) in [7, 11) is 0. The average molecular weight is 810 g/mol. The summed E-state index contributed by atoms with van der Waals surface area (Å²) in [6.07, 6.45) is 8.10. The Bertz CT molecular complexity index is 1480. The van der Waals surface area contributed by atoms with Crippen molar-refractivity contribution in [3.8, 4) is 11.3 Å². The summed E-state index contributed by atoms with van der Waals surface area (Å²) >= 11 is 0.410. The van der Waals surface area contributed by atoms with Crippen molar-refractivity contribution in [1.82, 2.24) is 4.98 Å². The van der Waals surface area contributed by atoms with Crippen LogP contribution in [-0.2, 0) is 31.3 Å². The van der Waals surface area contributed by atoms with Gasteiger partial charge in [-0.15, -0.1) is 0 Å². The summed E-state index contributed by atoms with van der Waals surface area (Å²) in [5.41, 5.74) is 4.88. The molecule has 0 fully saturated rings. The molecule has 4 aromatic rings. The van der Waals surface area contributed by atoms with Gasteiger partial charge in [-0.05, 0) is 25.7 Å². The summed E-state index contributed by atoms with van der Waals surface area (Å²) in [4.78, 5) is 16.4. The van der Waals surface area contributed by atoms with E-state index in [-0.39, 0.29) is 43.5 Å². The van der Waals surface area contributed by atoms with Gasteiger partial charge in [0.1, 0.15) is 0 Å². The zero-order valence-electron chi connectivity index (χ0n) is 26.9. The van der Waals surface area contributed by atoms with Crippen LogP contribution in [0.5, 0.6) is 0 Å². The standard InChI is InChI=1S/C24H24NSe.C13H24O2.Ir/c1-15-8-16(2)10-19(9-15)22-12-21-18(14-25-22)7-6-17-11-20(26-23(17)21)13-24(3,4)5;1-5-10(6-2)12(14)9-13(15)11(7-3)8-4;/h6-9,11-12,14H,13H2,1-5H3;9-11,14H,5-8H2,1-4H3;/q-1;;/b;12-9-;. The van der Waals surface area contributed by atoms with Crippen molar-refractivity contribution in [3.05, 3.63) is 76.1 Å². The average Bonchev–Trinajstić information content (AvgIpc) is 3.31. The van der Waals surface area contributed by atoms with Crippen LogP contribution in [0.4, 0.5) is 0 Å². The first kappa shape index (κ1) is 36.2. The third kappa shape index (κ3) is 9.75. The monoisotopic (exact) mass is 811 g/mol. The smallest absolute Gasteiger partial charge is 0 e. The minimum absolute atomic E-state index is 0. The van der Waals surface area contributed by atoms with E-state index in [0.29, 0.717) is 19.9 Å². The van der Waals surface area contributed by atoms with Crippen LogP contribution in [0.2, 0.25) is 0 Å². The van der Waals surface area contributed by atoms with E-state index in [0.717, 1.165) is 36.9 Å². The van der Waals surface area contributed by atoms with E-state index < -0.39 is 0 Å². The number of allylic oxidation sites excluding steroid dienone is 2. The number of nitrogens with zero attached hydrogens (tertiary/aromatic N) is 1. The van der Waals surface area contributed by atoms with Crippen molar-refractivity contribution in [2.45, 2.75) is 94.4 Å². The van der Waals surface area contributed by atoms with E-state index in [1.807, 2.05) is 33.9 Å². The van der Waals surface area contributed by atoms with Gasteiger partial charge >= 0.3 is 162 Å². The summed E-state index contributed by atoms with van der Waals surface area (Å²) in [6, 6.07) is 17.0. The first-order valence-corrected chi connectivity index (χ1v) is 16.9. The molecule has 1 radical (unpaired) electrons. The van der Waals surface area contributed by atoms with Crippen molar-refractivity contribution in [2.75, 3.05) is 0 Å². The number of ketones is 1. The number of aliphatic hydroxyl groups is 1. The molecule has 2 heterocycles. The largest absolute Gasteiger partial charge is 0 e. The van der Waals surface area contributed by atoms with Gasteiger partial charge in [0.15, 0.2) is 5.78 Å². The second-order valence-corrected chi connectivity index (χ2v) is 14.9. The number of carbonyl (C=O) groups is 1. The van der Waals surface area contributed by atoms with E-state index in [9.17, 15) is 9.90 Å². The third-order valence-electron chi connectivity index (χ3n) is 7.64. The number of carbonyl (C=O) groups excluding carboxylic acids is 1. The number of aryl methyl sites for hydroxylation is 2. The molecule has 0 unspecified atom stereocenters. The van der Waals surface area contributed by atoms with Gasteiger partial charge in [-0.2, -0.15) is 0 Å². The molecule has 229 valence electrons. The van der Waals surface area contributed by atoms with Crippen molar-refractivity contribution >= 4 is 40.7 Å². The number of benzene rings is 2. The van der Waals surface area contributed by atoms with E-state index in [1.165, 1.54) is 44.0 Å². The first-order chi connectivity index (χ1) is 19.4. The normalized spacial score (nSPS) is 12.0. The van der Waals surface area contributed by atoms with Gasteiger partial charge < -0.3 is 5.11 Å². The molecule has 0 aliphatic carbocycles. The first-order valence-electron chi connectivity index (χ1n) is 15.1. The Morgan fingerprint density at radius 1 is 0.952 bits per heavy atom. The Labute approximate surface area is 273 Å². The fraction of sp³-hybridized carbons (Fsp3) is 0.459. The molecule has 0 saturated heterocycles. The van der Waals surface area contributed by atoms with Crippen LogP contribution in [0, 0.1) is 37.2 Å². The fourth-order valence-electron chi connectivity index (χ4n) is 5.34. The van der Waals surface area contributed by atoms with Gasteiger partial charge in [0, 0.05) is 38.0 Å². The molecule has 5 heteroatoms. The van der Waals surface area contributed by atoms with Crippen LogP contribution >= 0.6 is 0 Å². The van der Waals surface area contributed by atoms with Gasteiger partial charge in [-0.3, -0.25) is 4.79 Å². The van der Waals surface area contributed by atoms with Crippen LogP contribution in [0.1, 0.15) is 89.7 Å². The maximum Gasteiger partial charge on any atom is 0 e. The molecule has 0 spiro atoms. The van der Waals surface area contributed by atoms with Crippen LogP contribution in [-0.4, -0.2) is 30.4 Å². The zero-order chi connectivity index (χ0) is 30.3. The molecule has 0 aliphatic heterocycles. The van der Waals surface area contributed by atoms with E-state index in [2.05, 4.69) is 77.1 Å². The van der Waals surface area contributed by atoms with Crippen molar-refractivity contribution < 1.29 is 30.0 Å². The predicted molar refractivity (Wildman–Crippen MR) is 177 cm³/mol. The number of hydrogen-bond donors (Lipinski definition) is 1. The second-order valence-electron chi connectivity index (χ2n) is 12.5. The Kier molecular flexibility index (Phi) is 13.9. The van der Waals surface area contributed by atoms with Crippen molar-refractivity contribution in [3.63, 3.8) is 0 Å². The Balaban J connectivity index is 0.000000334. The summed E-state index contributed by atoms with van der Waals surface area (Å²) in [5, 5.41) is 13.8. The molecule has 42 heavy (non-hydrogen) atoms. The van der Waals surface area contributed by atoms with Crippen molar-refractivity contribution in [2.24, 2.45) is 17.3 Å². The molecule has 0 amide bonds. The Morgan fingerprint density at radius 3 is 2.14 bits per heavy atom. The molecule has 4 rings (SSSR count). The van der Waals surface area contributed by atoms with Crippen LogP contribution in [0.15, 0.2) is 54.4 Å². The molecule has 1 N–H and O–H groups in total. The zero-order valence-corrected chi connectivity index (χ0v) is 31.0. The molecule has 0 atom stereocenters. The Hall–Kier alpha value is -2.03. The molecule has 0 aliphatic rings. The van der Waals surface area contributed by atoms with Gasteiger partial charge in [-0.25, -0.2) is 0 Å². The second kappa shape index (κ2) is 16.2. The van der Waals surface area contributed by atoms with Crippen LogP contribution in [0.25, 0.3) is 31.7 Å². The molecule has 0 bridgehead atoms. The molecule has 3 nitrogen and oxygen atoms in total. The van der Waals surface area contributed by atoms with E-state index >= 15 is 0 Å². The predicted octanol–water partition coefficient (Wildman–Crippen LogP) is 9.98. The van der Waals surface area contributed by atoms with Gasteiger partial charge in [0.2, 0.25) is 0 Å². The number of pyridine rings is 1. The number of fused-ring (bicyclic) bond motifs is 3. The van der Waals surface area contributed by atoms with Crippen molar-refractivity contribution in [1.29, 1.82) is 0 Å². The molecular formula is C37H48IrNO2Se-. The number of aliphatic hydroxyl groups excluding tert-OH is 1. The topological polar surface area (TPSA) is 50.2 Å².